The van der Waals surface area contributed by atoms with Crippen molar-refractivity contribution >= 4 is 16.2 Å². The van der Waals surface area contributed by atoms with Gasteiger partial charge in [-0.2, -0.15) is 8.42 Å². The minimum absolute atomic E-state index is 0.0428. The van der Waals surface area contributed by atoms with Gasteiger partial charge in [-0.1, -0.05) is 45.0 Å². The first-order chi connectivity index (χ1) is 13.3. The van der Waals surface area contributed by atoms with E-state index in [1.165, 1.54) is 0 Å². The molecule has 0 saturated heterocycles. The van der Waals surface area contributed by atoms with Crippen LogP contribution in [0.3, 0.4) is 0 Å². The molecule has 1 aromatic carbocycles. The van der Waals surface area contributed by atoms with Gasteiger partial charge in [-0.3, -0.25) is 4.18 Å². The van der Waals surface area contributed by atoms with Crippen LogP contribution in [-0.4, -0.2) is 31.8 Å². The molecule has 30 heavy (non-hydrogen) atoms. The molecule has 0 radical (unpaired) electrons. The van der Waals surface area contributed by atoms with Gasteiger partial charge in [0, 0.05) is 5.54 Å². The first-order valence-electron chi connectivity index (χ1n) is 10.4. The molecule has 0 heterocycles. The molecule has 6 nitrogen and oxygen atoms in total. The van der Waals surface area contributed by atoms with Crippen LogP contribution in [-0.2, 0) is 24.5 Å². The summed E-state index contributed by atoms with van der Waals surface area (Å²) >= 11 is 0. The Balaban J connectivity index is 3.24. The zero-order valence-corrected chi connectivity index (χ0v) is 20.9. The van der Waals surface area contributed by atoms with E-state index in [4.69, 9.17) is 8.92 Å². The summed E-state index contributed by atoms with van der Waals surface area (Å²) in [5, 5.41) is 1.86. The topological polar surface area (TPSA) is 81.7 Å². The molecule has 0 bridgehead atoms. The SMILES string of the molecule is CC(C)OS(=O)(=O)C(CC(C)(C)NC(=O)OC(C)(C)C)c1ccc(C(C)(C)C)cc1. The van der Waals surface area contributed by atoms with Gasteiger partial charge in [0.25, 0.3) is 10.1 Å². The van der Waals surface area contributed by atoms with E-state index in [1.54, 1.807) is 48.5 Å². The average molecular weight is 442 g/mol. The second-order valence-electron chi connectivity index (χ2n) is 10.7. The summed E-state index contributed by atoms with van der Waals surface area (Å²) in [5.41, 5.74) is 0.206. The maximum absolute atomic E-state index is 13.0. The van der Waals surface area contributed by atoms with Gasteiger partial charge in [0.15, 0.2) is 0 Å². The summed E-state index contributed by atoms with van der Waals surface area (Å²) in [7, 11) is -3.92. The number of hydrogen-bond acceptors (Lipinski definition) is 5. The van der Waals surface area contributed by atoms with Gasteiger partial charge in [-0.25, -0.2) is 4.79 Å². The van der Waals surface area contributed by atoms with E-state index in [2.05, 4.69) is 26.1 Å². The predicted molar refractivity (Wildman–Crippen MR) is 121 cm³/mol. The maximum atomic E-state index is 13.0. The number of carbonyl (C=O) groups excluding carboxylic acids is 1. The smallest absolute Gasteiger partial charge is 0.408 e. The van der Waals surface area contributed by atoms with Crippen LogP contribution >= 0.6 is 0 Å². The van der Waals surface area contributed by atoms with E-state index in [-0.39, 0.29) is 11.8 Å². The standard InChI is InChI=1S/C23H39NO5S/c1-16(2)29-30(26,27)19(17-11-13-18(14-12-17)21(3,4)5)15-23(9,10)24-20(25)28-22(6,7)8/h11-14,16,19H,15H2,1-10H3,(H,24,25). The summed E-state index contributed by atoms with van der Waals surface area (Å²) in [5.74, 6) is 0. The lowest BCUT2D eigenvalue weighted by atomic mass is 9.86. The Morgan fingerprint density at radius 3 is 1.87 bits per heavy atom. The van der Waals surface area contributed by atoms with E-state index in [9.17, 15) is 13.2 Å². The Morgan fingerprint density at radius 2 is 1.47 bits per heavy atom. The van der Waals surface area contributed by atoms with Crippen LogP contribution in [0, 0.1) is 0 Å². The first kappa shape index (κ1) is 26.4. The molecule has 1 aromatic rings. The Morgan fingerprint density at radius 1 is 0.967 bits per heavy atom. The molecule has 0 fully saturated rings. The summed E-state index contributed by atoms with van der Waals surface area (Å²) in [6.07, 6.45) is -0.930. The lowest BCUT2D eigenvalue weighted by molar-refractivity contribution is 0.0466. The number of carbonyl (C=O) groups is 1. The molecular weight excluding hydrogens is 402 g/mol. The van der Waals surface area contributed by atoms with Crippen molar-refractivity contribution < 1.29 is 22.1 Å². The predicted octanol–water partition coefficient (Wildman–Crippen LogP) is 5.47. The third-order valence-corrected chi connectivity index (χ3v) is 6.15. The number of hydrogen-bond donors (Lipinski definition) is 1. The van der Waals surface area contributed by atoms with Crippen molar-refractivity contribution in [3.8, 4) is 0 Å². The van der Waals surface area contributed by atoms with Crippen LogP contribution < -0.4 is 5.32 Å². The van der Waals surface area contributed by atoms with Gasteiger partial charge in [0.05, 0.1) is 6.10 Å². The Labute approximate surface area is 182 Å². The summed E-state index contributed by atoms with van der Waals surface area (Å²) < 4.78 is 36.7. The Hall–Kier alpha value is -1.60. The fourth-order valence-electron chi connectivity index (χ4n) is 3.01. The van der Waals surface area contributed by atoms with Crippen molar-refractivity contribution in [3.63, 3.8) is 0 Å². The number of benzene rings is 1. The van der Waals surface area contributed by atoms with Crippen molar-refractivity contribution in [2.24, 2.45) is 0 Å². The molecule has 0 aromatic heterocycles. The van der Waals surface area contributed by atoms with Crippen molar-refractivity contribution in [3.05, 3.63) is 35.4 Å². The molecule has 0 saturated carbocycles. The average Bonchev–Trinajstić information content (AvgIpc) is 2.48. The fraction of sp³-hybridized carbons (Fsp3) is 0.696. The van der Waals surface area contributed by atoms with Crippen LogP contribution in [0.5, 0.6) is 0 Å². The van der Waals surface area contributed by atoms with Gasteiger partial charge < -0.3 is 10.1 Å². The van der Waals surface area contributed by atoms with Gasteiger partial charge in [-0.15, -0.1) is 0 Å². The summed E-state index contributed by atoms with van der Waals surface area (Å²) in [6, 6.07) is 7.55. The number of rotatable bonds is 7. The largest absolute Gasteiger partial charge is 0.444 e. The highest BCUT2D eigenvalue weighted by atomic mass is 32.2. The molecule has 1 N–H and O–H groups in total. The van der Waals surface area contributed by atoms with E-state index in [1.807, 2.05) is 24.3 Å². The normalized spacial score (nSPS) is 14.5. The third kappa shape index (κ3) is 8.64. The van der Waals surface area contributed by atoms with Gasteiger partial charge >= 0.3 is 6.09 Å². The molecule has 1 atom stereocenters. The highest BCUT2D eigenvalue weighted by Gasteiger charge is 2.36. The van der Waals surface area contributed by atoms with Crippen LogP contribution in [0.15, 0.2) is 24.3 Å². The number of alkyl carbamates (subject to hydrolysis) is 1. The third-order valence-electron chi connectivity index (χ3n) is 4.36. The zero-order chi connectivity index (χ0) is 23.5. The molecule has 0 aliphatic carbocycles. The molecular formula is C23H39NO5S. The Kier molecular flexibility index (Phi) is 8.16. The molecule has 1 unspecified atom stereocenters. The second-order valence-corrected chi connectivity index (χ2v) is 12.5. The number of amides is 1. The number of ether oxygens (including phenoxy) is 1. The minimum Gasteiger partial charge on any atom is -0.444 e. The van der Waals surface area contributed by atoms with Crippen molar-refractivity contribution in [2.75, 3.05) is 0 Å². The lowest BCUT2D eigenvalue weighted by Crippen LogP contribution is -2.47. The highest BCUT2D eigenvalue weighted by molar-refractivity contribution is 7.87. The van der Waals surface area contributed by atoms with E-state index >= 15 is 0 Å². The van der Waals surface area contributed by atoms with E-state index in [0.29, 0.717) is 5.56 Å². The van der Waals surface area contributed by atoms with Gasteiger partial charge in [0.1, 0.15) is 10.9 Å². The minimum atomic E-state index is -3.92. The summed E-state index contributed by atoms with van der Waals surface area (Å²) in [6.45, 7) is 18.6. The molecule has 0 spiro atoms. The van der Waals surface area contributed by atoms with E-state index < -0.39 is 38.7 Å². The zero-order valence-electron chi connectivity index (χ0n) is 20.1. The van der Waals surface area contributed by atoms with Crippen LogP contribution in [0.2, 0.25) is 0 Å². The molecule has 1 rings (SSSR count). The maximum Gasteiger partial charge on any atom is 0.408 e. The van der Waals surface area contributed by atoms with Crippen LogP contribution in [0.4, 0.5) is 4.79 Å². The van der Waals surface area contributed by atoms with Crippen LogP contribution in [0.1, 0.15) is 92.0 Å². The van der Waals surface area contributed by atoms with Crippen LogP contribution in [0.25, 0.3) is 0 Å². The summed E-state index contributed by atoms with van der Waals surface area (Å²) in [4.78, 5) is 12.3. The molecule has 1 amide bonds. The van der Waals surface area contributed by atoms with Crippen molar-refractivity contribution in [2.45, 2.75) is 104 Å². The monoisotopic (exact) mass is 441 g/mol. The van der Waals surface area contributed by atoms with E-state index in [0.717, 1.165) is 5.56 Å². The van der Waals surface area contributed by atoms with Crippen molar-refractivity contribution in [1.29, 1.82) is 0 Å². The molecule has 0 aliphatic rings. The molecule has 0 aliphatic heterocycles. The molecule has 7 heteroatoms. The van der Waals surface area contributed by atoms with Crippen molar-refractivity contribution in [1.82, 2.24) is 5.32 Å². The van der Waals surface area contributed by atoms with Gasteiger partial charge in [-0.05, 0) is 71.4 Å². The second kappa shape index (κ2) is 9.27. The number of nitrogens with one attached hydrogen (secondary N) is 1. The fourth-order valence-corrected chi connectivity index (χ4v) is 4.80. The van der Waals surface area contributed by atoms with Gasteiger partial charge in [0.2, 0.25) is 0 Å². The quantitative estimate of drug-likeness (QED) is 0.567. The molecule has 172 valence electrons. The first-order valence-corrected chi connectivity index (χ1v) is 11.8. The highest BCUT2D eigenvalue weighted by Crippen LogP contribution is 2.34. The Bertz CT molecular complexity index is 813. The lowest BCUT2D eigenvalue weighted by Gasteiger charge is -2.32.